The van der Waals surface area contributed by atoms with Gasteiger partial charge >= 0.3 is 13.1 Å². The molecule has 5 nitrogen and oxygen atoms in total. The summed E-state index contributed by atoms with van der Waals surface area (Å²) in [4.78, 5) is 11.6. The third kappa shape index (κ3) is 4.67. The number of benzene rings is 1. The zero-order chi connectivity index (χ0) is 14.4. The van der Waals surface area contributed by atoms with Crippen LogP contribution in [0.5, 0.6) is 0 Å². The molecule has 0 unspecified atom stereocenters. The van der Waals surface area contributed by atoms with Crippen molar-refractivity contribution in [1.29, 1.82) is 0 Å². The molecule has 1 aromatic carbocycles. The Labute approximate surface area is 113 Å². The molecular formula is C13H20BNO4. The van der Waals surface area contributed by atoms with Gasteiger partial charge in [-0.1, -0.05) is 38.1 Å². The molecule has 19 heavy (non-hydrogen) atoms. The van der Waals surface area contributed by atoms with Gasteiger partial charge in [0.05, 0.1) is 7.11 Å². The van der Waals surface area contributed by atoms with Crippen LogP contribution in [-0.2, 0) is 16.1 Å². The number of methoxy groups -OCH3 is 1. The van der Waals surface area contributed by atoms with Crippen LogP contribution in [0, 0.1) is 5.92 Å². The van der Waals surface area contributed by atoms with E-state index in [0.29, 0.717) is 12.0 Å². The van der Waals surface area contributed by atoms with Gasteiger partial charge in [0, 0.05) is 6.54 Å². The van der Waals surface area contributed by atoms with Gasteiger partial charge in [0.1, 0.15) is 6.04 Å². The fraction of sp³-hybridized carbons (Fsp3) is 0.462. The first-order chi connectivity index (χ1) is 8.95. The molecule has 0 aromatic heterocycles. The maximum Gasteiger partial charge on any atom is 0.488 e. The molecule has 1 rings (SSSR count). The summed E-state index contributed by atoms with van der Waals surface area (Å²) in [5, 5.41) is 21.1. The van der Waals surface area contributed by atoms with Gasteiger partial charge in [-0.05, 0) is 16.9 Å². The predicted molar refractivity (Wildman–Crippen MR) is 73.7 cm³/mol. The van der Waals surface area contributed by atoms with E-state index in [9.17, 15) is 4.79 Å². The first kappa shape index (κ1) is 15.7. The van der Waals surface area contributed by atoms with Crippen LogP contribution in [-0.4, -0.2) is 36.3 Å². The topological polar surface area (TPSA) is 78.8 Å². The van der Waals surface area contributed by atoms with E-state index < -0.39 is 7.12 Å². The standard InChI is InChI=1S/C13H20BNO4/c1-9(2)12(13(16)19-3)15-8-10-4-6-11(7-5-10)14(17)18/h4-7,9,12,15,17-18H,8H2,1-3H3/t12-/m0/s1. The van der Waals surface area contributed by atoms with Crippen LogP contribution in [0.2, 0.25) is 0 Å². The van der Waals surface area contributed by atoms with Crippen molar-refractivity contribution >= 4 is 18.6 Å². The molecule has 1 aromatic rings. The highest BCUT2D eigenvalue weighted by atomic mass is 16.5. The Morgan fingerprint density at radius 1 is 1.32 bits per heavy atom. The zero-order valence-electron chi connectivity index (χ0n) is 11.5. The second-order valence-corrected chi connectivity index (χ2v) is 4.74. The summed E-state index contributed by atoms with van der Waals surface area (Å²) in [6.07, 6.45) is 0. The summed E-state index contributed by atoms with van der Waals surface area (Å²) in [6.45, 7) is 4.40. The van der Waals surface area contributed by atoms with E-state index in [1.807, 2.05) is 13.8 Å². The van der Waals surface area contributed by atoms with E-state index in [4.69, 9.17) is 14.8 Å². The molecule has 3 N–H and O–H groups in total. The van der Waals surface area contributed by atoms with Crippen molar-refractivity contribution in [3.05, 3.63) is 29.8 Å². The van der Waals surface area contributed by atoms with Crippen molar-refractivity contribution in [1.82, 2.24) is 5.32 Å². The summed E-state index contributed by atoms with van der Waals surface area (Å²) < 4.78 is 4.75. The van der Waals surface area contributed by atoms with Crippen LogP contribution >= 0.6 is 0 Å². The Balaban J connectivity index is 2.61. The quantitative estimate of drug-likeness (QED) is 0.484. The molecule has 0 radical (unpaired) electrons. The molecule has 0 aliphatic rings. The van der Waals surface area contributed by atoms with Gasteiger partial charge in [0.25, 0.3) is 0 Å². The van der Waals surface area contributed by atoms with Gasteiger partial charge in [0.2, 0.25) is 0 Å². The average Bonchev–Trinajstić information content (AvgIpc) is 2.38. The Morgan fingerprint density at radius 3 is 2.32 bits per heavy atom. The lowest BCUT2D eigenvalue weighted by Crippen LogP contribution is -2.41. The van der Waals surface area contributed by atoms with E-state index in [1.54, 1.807) is 24.3 Å². The second kappa shape index (κ2) is 7.28. The van der Waals surface area contributed by atoms with Gasteiger partial charge in [0.15, 0.2) is 0 Å². The van der Waals surface area contributed by atoms with Gasteiger partial charge in [-0.15, -0.1) is 0 Å². The SMILES string of the molecule is COC(=O)[C@@H](NCc1ccc(B(O)O)cc1)C(C)C. The Kier molecular flexibility index (Phi) is 6.01. The molecule has 1 atom stereocenters. The van der Waals surface area contributed by atoms with Crippen LogP contribution < -0.4 is 10.8 Å². The van der Waals surface area contributed by atoms with Crippen molar-refractivity contribution in [2.45, 2.75) is 26.4 Å². The molecule has 0 fully saturated rings. The van der Waals surface area contributed by atoms with Crippen LogP contribution in [0.25, 0.3) is 0 Å². The highest BCUT2D eigenvalue weighted by molar-refractivity contribution is 6.58. The number of hydrogen-bond donors (Lipinski definition) is 3. The monoisotopic (exact) mass is 265 g/mol. The summed E-state index contributed by atoms with van der Waals surface area (Å²) in [7, 11) is -0.0860. The zero-order valence-corrected chi connectivity index (χ0v) is 11.5. The lowest BCUT2D eigenvalue weighted by atomic mass is 9.80. The van der Waals surface area contributed by atoms with Crippen LogP contribution in [0.15, 0.2) is 24.3 Å². The predicted octanol–water partition coefficient (Wildman–Crippen LogP) is -0.346. The third-order valence-corrected chi connectivity index (χ3v) is 2.93. The van der Waals surface area contributed by atoms with Gasteiger partial charge in [-0.2, -0.15) is 0 Å². The van der Waals surface area contributed by atoms with Gasteiger partial charge < -0.3 is 20.1 Å². The summed E-state index contributed by atoms with van der Waals surface area (Å²) in [6, 6.07) is 6.51. The first-order valence-electron chi connectivity index (χ1n) is 6.22. The lowest BCUT2D eigenvalue weighted by molar-refractivity contribution is -0.144. The number of ether oxygens (including phenoxy) is 1. The number of hydrogen-bond acceptors (Lipinski definition) is 5. The maximum absolute atomic E-state index is 11.6. The molecule has 6 heteroatoms. The lowest BCUT2D eigenvalue weighted by Gasteiger charge is -2.19. The fourth-order valence-corrected chi connectivity index (χ4v) is 1.75. The number of esters is 1. The normalized spacial score (nSPS) is 12.3. The third-order valence-electron chi connectivity index (χ3n) is 2.93. The Hall–Kier alpha value is -1.37. The average molecular weight is 265 g/mol. The summed E-state index contributed by atoms with van der Waals surface area (Å²) >= 11 is 0. The molecule has 0 saturated heterocycles. The van der Waals surface area contributed by atoms with Crippen LogP contribution in [0.4, 0.5) is 0 Å². The van der Waals surface area contributed by atoms with Crippen LogP contribution in [0.1, 0.15) is 19.4 Å². The highest BCUT2D eigenvalue weighted by Crippen LogP contribution is 2.05. The van der Waals surface area contributed by atoms with E-state index in [2.05, 4.69) is 5.32 Å². The molecular weight excluding hydrogens is 245 g/mol. The van der Waals surface area contributed by atoms with E-state index in [0.717, 1.165) is 5.56 Å². The second-order valence-electron chi connectivity index (χ2n) is 4.74. The van der Waals surface area contributed by atoms with E-state index in [1.165, 1.54) is 7.11 Å². The molecule has 0 aliphatic carbocycles. The molecule has 0 heterocycles. The van der Waals surface area contributed by atoms with E-state index in [-0.39, 0.29) is 17.9 Å². The van der Waals surface area contributed by atoms with Crippen molar-refractivity contribution in [3.8, 4) is 0 Å². The molecule has 104 valence electrons. The Morgan fingerprint density at radius 2 is 1.89 bits per heavy atom. The van der Waals surface area contributed by atoms with Crippen molar-refractivity contribution < 1.29 is 19.6 Å². The van der Waals surface area contributed by atoms with Gasteiger partial charge in [-0.25, -0.2) is 0 Å². The Bertz CT molecular complexity index is 406. The van der Waals surface area contributed by atoms with Crippen molar-refractivity contribution in [3.63, 3.8) is 0 Å². The highest BCUT2D eigenvalue weighted by Gasteiger charge is 2.22. The molecule has 0 saturated carbocycles. The number of carbonyl (C=O) groups excluding carboxylic acids is 1. The molecule has 0 bridgehead atoms. The van der Waals surface area contributed by atoms with Crippen molar-refractivity contribution in [2.24, 2.45) is 5.92 Å². The molecule has 0 amide bonds. The smallest absolute Gasteiger partial charge is 0.468 e. The number of rotatable bonds is 6. The van der Waals surface area contributed by atoms with Crippen molar-refractivity contribution in [2.75, 3.05) is 7.11 Å². The summed E-state index contributed by atoms with van der Waals surface area (Å²) in [5.41, 5.74) is 1.40. The molecule has 0 aliphatic heterocycles. The molecule has 0 spiro atoms. The van der Waals surface area contributed by atoms with E-state index >= 15 is 0 Å². The number of nitrogens with one attached hydrogen (secondary N) is 1. The minimum Gasteiger partial charge on any atom is -0.468 e. The largest absolute Gasteiger partial charge is 0.488 e. The first-order valence-corrected chi connectivity index (χ1v) is 6.22. The fourth-order valence-electron chi connectivity index (χ4n) is 1.75. The van der Waals surface area contributed by atoms with Gasteiger partial charge in [-0.3, -0.25) is 4.79 Å². The van der Waals surface area contributed by atoms with Crippen LogP contribution in [0.3, 0.4) is 0 Å². The number of carbonyl (C=O) groups is 1. The maximum atomic E-state index is 11.6. The minimum absolute atomic E-state index is 0.131. The minimum atomic E-state index is -1.46. The summed E-state index contributed by atoms with van der Waals surface area (Å²) in [5.74, 6) is -0.150.